The number of halogens is 3. The van der Waals surface area contributed by atoms with E-state index in [1.807, 2.05) is 12.1 Å². The molecule has 7 nitrogen and oxygen atoms in total. The minimum absolute atomic E-state index is 0.0323. The van der Waals surface area contributed by atoms with Crippen LogP contribution in [0.1, 0.15) is 42.6 Å². The van der Waals surface area contributed by atoms with Gasteiger partial charge in [-0.1, -0.05) is 12.1 Å². The first kappa shape index (κ1) is 20.3. The van der Waals surface area contributed by atoms with E-state index in [1.54, 1.807) is 12.1 Å². The molecule has 2 aromatic heterocycles. The Balaban J connectivity index is 1.42. The van der Waals surface area contributed by atoms with E-state index in [4.69, 9.17) is 4.74 Å². The predicted octanol–water partition coefficient (Wildman–Crippen LogP) is 3.45. The van der Waals surface area contributed by atoms with E-state index in [1.165, 1.54) is 6.92 Å². The quantitative estimate of drug-likeness (QED) is 0.477. The molecule has 0 spiro atoms. The van der Waals surface area contributed by atoms with Crippen LogP contribution in [0, 0.1) is 0 Å². The summed E-state index contributed by atoms with van der Waals surface area (Å²) in [6, 6.07) is 8.40. The summed E-state index contributed by atoms with van der Waals surface area (Å²) in [6.45, 7) is 3.57. The highest BCUT2D eigenvalue weighted by atomic mass is 19.4. The second-order valence-electron chi connectivity index (χ2n) is 7.32. The fourth-order valence-electron chi connectivity index (χ4n) is 3.72. The van der Waals surface area contributed by atoms with Gasteiger partial charge in [-0.05, 0) is 49.7 Å². The molecule has 3 aromatic rings. The normalized spacial score (nSPS) is 16.1. The molecule has 1 aromatic carbocycles. The van der Waals surface area contributed by atoms with Gasteiger partial charge in [0.15, 0.2) is 5.69 Å². The first-order valence-electron chi connectivity index (χ1n) is 9.57. The molecule has 0 saturated carbocycles. The number of benzene rings is 1. The first-order valence-corrected chi connectivity index (χ1v) is 9.57. The van der Waals surface area contributed by atoms with Crippen LogP contribution in [0.15, 0.2) is 36.7 Å². The largest absolute Gasteiger partial charge is 0.433 e. The van der Waals surface area contributed by atoms with Gasteiger partial charge in [-0.2, -0.15) is 27.8 Å². The molecule has 0 N–H and O–H groups in total. The van der Waals surface area contributed by atoms with Crippen LogP contribution >= 0.6 is 0 Å². The molecule has 4 rings (SSSR count). The first-order chi connectivity index (χ1) is 14.3. The number of fused-ring (bicyclic) bond motifs is 1. The van der Waals surface area contributed by atoms with Gasteiger partial charge in [-0.15, -0.1) is 0 Å². The second kappa shape index (κ2) is 8.02. The minimum Gasteiger partial charge on any atom is -0.427 e. The van der Waals surface area contributed by atoms with E-state index in [2.05, 4.69) is 20.0 Å². The van der Waals surface area contributed by atoms with Gasteiger partial charge in [-0.25, -0.2) is 4.98 Å². The van der Waals surface area contributed by atoms with Crippen molar-refractivity contribution in [3.05, 3.63) is 53.6 Å². The number of esters is 1. The van der Waals surface area contributed by atoms with E-state index < -0.39 is 11.9 Å². The van der Waals surface area contributed by atoms with Gasteiger partial charge < -0.3 is 4.74 Å². The van der Waals surface area contributed by atoms with Gasteiger partial charge in [0.1, 0.15) is 12.1 Å². The Bertz CT molecular complexity index is 1040. The monoisotopic (exact) mass is 419 g/mol. The number of carbonyl (C=O) groups excluding carboxylic acids is 1. The van der Waals surface area contributed by atoms with Gasteiger partial charge in [0.05, 0.1) is 0 Å². The van der Waals surface area contributed by atoms with Crippen molar-refractivity contribution in [1.82, 2.24) is 24.5 Å². The molecular formula is C20H20F3N5O2. The average molecular weight is 419 g/mol. The van der Waals surface area contributed by atoms with E-state index in [0.29, 0.717) is 24.3 Å². The summed E-state index contributed by atoms with van der Waals surface area (Å²) in [7, 11) is 0. The molecule has 10 heteroatoms. The highest BCUT2D eigenvalue weighted by Gasteiger charge is 2.36. The molecule has 3 heterocycles. The van der Waals surface area contributed by atoms with E-state index >= 15 is 0 Å². The molecule has 1 aliphatic heterocycles. The highest BCUT2D eigenvalue weighted by molar-refractivity contribution is 5.69. The fourth-order valence-corrected chi connectivity index (χ4v) is 3.72. The maximum Gasteiger partial charge on any atom is 0.433 e. The molecular weight excluding hydrogens is 399 g/mol. The Morgan fingerprint density at radius 2 is 1.90 bits per heavy atom. The number of aromatic nitrogens is 4. The maximum absolute atomic E-state index is 13.4. The number of likely N-dealkylation sites (tertiary alicyclic amines) is 1. The SMILES string of the molecule is CC(=O)Oc1ccc(CN2CCC(c3cc(C(F)(F)F)n4ncnc4n3)CC2)cc1. The second-order valence-corrected chi connectivity index (χ2v) is 7.32. The molecule has 0 bridgehead atoms. The van der Waals surface area contributed by atoms with Crippen molar-refractivity contribution in [2.45, 2.75) is 38.4 Å². The summed E-state index contributed by atoms with van der Waals surface area (Å²) in [5.74, 6) is 0.0438. The molecule has 0 atom stereocenters. The van der Waals surface area contributed by atoms with E-state index in [-0.39, 0.29) is 17.7 Å². The van der Waals surface area contributed by atoms with Gasteiger partial charge >= 0.3 is 12.1 Å². The van der Waals surface area contributed by atoms with Gasteiger partial charge in [-0.3, -0.25) is 9.69 Å². The third-order valence-corrected chi connectivity index (χ3v) is 5.16. The Hall–Kier alpha value is -3.01. The van der Waals surface area contributed by atoms with Gasteiger partial charge in [0, 0.05) is 25.1 Å². The number of hydrogen-bond donors (Lipinski definition) is 0. The van der Waals surface area contributed by atoms with Crippen molar-refractivity contribution in [3.63, 3.8) is 0 Å². The number of rotatable bonds is 4. The lowest BCUT2D eigenvalue weighted by molar-refractivity contribution is -0.142. The lowest BCUT2D eigenvalue weighted by Crippen LogP contribution is -2.33. The van der Waals surface area contributed by atoms with E-state index in [9.17, 15) is 18.0 Å². The van der Waals surface area contributed by atoms with Crippen molar-refractivity contribution in [1.29, 1.82) is 0 Å². The Kier molecular flexibility index (Phi) is 5.42. The minimum atomic E-state index is -4.53. The van der Waals surface area contributed by atoms with Crippen LogP contribution < -0.4 is 4.74 Å². The van der Waals surface area contributed by atoms with Crippen molar-refractivity contribution in [2.24, 2.45) is 0 Å². The van der Waals surface area contributed by atoms with Crippen LogP contribution in [0.3, 0.4) is 0 Å². The summed E-state index contributed by atoms with van der Waals surface area (Å²) in [4.78, 5) is 21.4. The topological polar surface area (TPSA) is 72.6 Å². The number of nitrogens with zero attached hydrogens (tertiary/aromatic N) is 5. The molecule has 30 heavy (non-hydrogen) atoms. The number of ether oxygens (including phenoxy) is 1. The van der Waals surface area contributed by atoms with Crippen molar-refractivity contribution in [3.8, 4) is 5.75 Å². The van der Waals surface area contributed by atoms with Crippen LogP contribution in [0.2, 0.25) is 0 Å². The summed E-state index contributed by atoms with van der Waals surface area (Å²) in [5, 5.41) is 3.64. The molecule has 1 aliphatic rings. The number of carbonyl (C=O) groups is 1. The van der Waals surface area contributed by atoms with Crippen molar-refractivity contribution in [2.75, 3.05) is 13.1 Å². The number of piperidine rings is 1. The van der Waals surface area contributed by atoms with Crippen LogP contribution in [0.4, 0.5) is 13.2 Å². The highest BCUT2D eigenvalue weighted by Crippen LogP contribution is 2.33. The van der Waals surface area contributed by atoms with Crippen molar-refractivity contribution < 1.29 is 22.7 Å². The molecule has 1 fully saturated rings. The molecule has 0 unspecified atom stereocenters. The smallest absolute Gasteiger partial charge is 0.427 e. The van der Waals surface area contributed by atoms with Crippen LogP contribution in [-0.2, 0) is 17.5 Å². The molecule has 1 saturated heterocycles. The molecule has 0 aliphatic carbocycles. The zero-order valence-electron chi connectivity index (χ0n) is 16.3. The van der Waals surface area contributed by atoms with Crippen LogP contribution in [0.25, 0.3) is 5.78 Å². The van der Waals surface area contributed by atoms with Crippen LogP contribution in [-0.4, -0.2) is 43.5 Å². The predicted molar refractivity (Wildman–Crippen MR) is 101 cm³/mol. The Labute approximate surface area is 170 Å². The molecule has 0 radical (unpaired) electrons. The molecule has 158 valence electrons. The Morgan fingerprint density at radius 3 is 2.53 bits per heavy atom. The van der Waals surface area contributed by atoms with Crippen molar-refractivity contribution >= 4 is 11.7 Å². The lowest BCUT2D eigenvalue weighted by atomic mass is 9.92. The summed E-state index contributed by atoms with van der Waals surface area (Å²) in [6.07, 6.45) is -2.03. The zero-order chi connectivity index (χ0) is 21.3. The van der Waals surface area contributed by atoms with Crippen LogP contribution in [0.5, 0.6) is 5.75 Å². The van der Waals surface area contributed by atoms with Gasteiger partial charge in [0.2, 0.25) is 0 Å². The average Bonchev–Trinajstić information content (AvgIpc) is 3.17. The number of hydrogen-bond acceptors (Lipinski definition) is 6. The maximum atomic E-state index is 13.4. The zero-order valence-corrected chi connectivity index (χ0v) is 16.3. The van der Waals surface area contributed by atoms with Gasteiger partial charge in [0.25, 0.3) is 5.78 Å². The molecule has 0 amide bonds. The lowest BCUT2D eigenvalue weighted by Gasteiger charge is -2.31. The summed E-state index contributed by atoms with van der Waals surface area (Å²) in [5.41, 5.74) is 0.634. The number of alkyl halides is 3. The fraction of sp³-hybridized carbons (Fsp3) is 0.400. The third-order valence-electron chi connectivity index (χ3n) is 5.16. The summed E-state index contributed by atoms with van der Waals surface area (Å²) >= 11 is 0. The Morgan fingerprint density at radius 1 is 1.20 bits per heavy atom. The standard InChI is InChI=1S/C20H20F3N5O2/c1-13(29)30-16-4-2-14(3-5-16)11-27-8-6-15(7-9-27)17-10-18(20(21,22)23)28-19(26-17)24-12-25-28/h2-5,10,12,15H,6-9,11H2,1H3. The third kappa shape index (κ3) is 4.43. The summed E-state index contributed by atoms with van der Waals surface area (Å²) < 4.78 is 45.9. The van der Waals surface area contributed by atoms with E-state index in [0.717, 1.165) is 42.1 Å².